The van der Waals surface area contributed by atoms with Crippen LogP contribution < -0.4 is 0 Å². The number of halogens is 1. The zero-order valence-electron chi connectivity index (χ0n) is 7.98. The maximum absolute atomic E-state index is 11.5. The van der Waals surface area contributed by atoms with Gasteiger partial charge in [-0.25, -0.2) is 14.8 Å². The fraction of sp³-hybridized carbons (Fsp3) is 0.222. The highest BCUT2D eigenvalue weighted by Gasteiger charge is 2.18. The van der Waals surface area contributed by atoms with E-state index >= 15 is 0 Å². The van der Waals surface area contributed by atoms with E-state index in [0.717, 1.165) is 0 Å². The van der Waals surface area contributed by atoms with Gasteiger partial charge in [-0.2, -0.15) is 0 Å². The molecule has 0 N–H and O–H groups in total. The third-order valence-corrected chi connectivity index (χ3v) is 2.84. The van der Waals surface area contributed by atoms with Crippen molar-refractivity contribution in [3.05, 3.63) is 27.9 Å². The summed E-state index contributed by atoms with van der Waals surface area (Å²) < 4.78 is 7.35. The van der Waals surface area contributed by atoms with Crippen molar-refractivity contribution in [1.82, 2.24) is 14.4 Å². The number of aromatic nitrogens is 3. The van der Waals surface area contributed by atoms with Gasteiger partial charge in [0.15, 0.2) is 5.69 Å². The fourth-order valence-electron chi connectivity index (χ4n) is 1.19. The van der Waals surface area contributed by atoms with Gasteiger partial charge in [0.25, 0.3) is 0 Å². The molecule has 6 heteroatoms. The summed E-state index contributed by atoms with van der Waals surface area (Å²) in [5, 5.41) is 0. The van der Waals surface area contributed by atoms with E-state index in [4.69, 9.17) is 4.74 Å². The number of nitrogens with zero attached hydrogens (tertiary/aromatic N) is 3. The summed E-state index contributed by atoms with van der Waals surface area (Å²) in [6.45, 7) is 2.11. The van der Waals surface area contributed by atoms with Crippen LogP contribution in [0.5, 0.6) is 0 Å². The van der Waals surface area contributed by atoms with Crippen LogP contribution in [0.3, 0.4) is 0 Å². The Bertz CT molecular complexity index is 509. The standard InChI is InChI=1S/C9H8IN3O2/c1-2-15-8(14)6-7(10)13-5-3-4-11-9(13)12-6/h3-5H,2H2,1H3. The molecular weight excluding hydrogens is 309 g/mol. The Morgan fingerprint density at radius 2 is 2.47 bits per heavy atom. The highest BCUT2D eigenvalue weighted by atomic mass is 127. The lowest BCUT2D eigenvalue weighted by atomic mass is 10.5. The second-order valence-corrected chi connectivity index (χ2v) is 3.78. The molecule has 0 aliphatic heterocycles. The first-order valence-corrected chi connectivity index (χ1v) is 5.47. The molecule has 0 unspecified atom stereocenters. The van der Waals surface area contributed by atoms with E-state index in [2.05, 4.69) is 9.97 Å². The lowest BCUT2D eigenvalue weighted by molar-refractivity contribution is 0.0519. The summed E-state index contributed by atoms with van der Waals surface area (Å²) >= 11 is 2.05. The van der Waals surface area contributed by atoms with Crippen LogP contribution >= 0.6 is 22.6 Å². The topological polar surface area (TPSA) is 56.5 Å². The van der Waals surface area contributed by atoms with E-state index in [1.54, 1.807) is 29.8 Å². The van der Waals surface area contributed by atoms with Crippen molar-refractivity contribution in [2.24, 2.45) is 0 Å². The minimum atomic E-state index is -0.410. The molecule has 0 aliphatic rings. The molecule has 2 rings (SSSR count). The van der Waals surface area contributed by atoms with Crippen LogP contribution in [0.4, 0.5) is 0 Å². The molecule has 0 radical (unpaired) electrons. The minimum absolute atomic E-state index is 0.316. The molecule has 0 spiro atoms. The number of esters is 1. The second kappa shape index (κ2) is 4.13. The van der Waals surface area contributed by atoms with E-state index in [1.807, 2.05) is 22.6 Å². The Balaban J connectivity index is 2.53. The van der Waals surface area contributed by atoms with Crippen LogP contribution in [0.2, 0.25) is 0 Å². The van der Waals surface area contributed by atoms with Gasteiger partial charge in [0.05, 0.1) is 6.61 Å². The second-order valence-electron chi connectivity index (χ2n) is 2.76. The van der Waals surface area contributed by atoms with Crippen LogP contribution in [-0.4, -0.2) is 26.9 Å². The molecule has 2 aromatic rings. The first-order valence-electron chi connectivity index (χ1n) is 4.39. The van der Waals surface area contributed by atoms with E-state index in [-0.39, 0.29) is 0 Å². The molecule has 0 saturated heterocycles. The molecule has 0 amide bonds. The van der Waals surface area contributed by atoms with Crippen LogP contribution in [-0.2, 0) is 4.74 Å². The van der Waals surface area contributed by atoms with Gasteiger partial charge in [0.1, 0.15) is 3.70 Å². The predicted molar refractivity (Wildman–Crippen MR) is 61.7 cm³/mol. The van der Waals surface area contributed by atoms with E-state index in [9.17, 15) is 4.79 Å². The van der Waals surface area contributed by atoms with Crippen LogP contribution in [0.15, 0.2) is 18.5 Å². The number of fused-ring (bicyclic) bond motifs is 1. The van der Waals surface area contributed by atoms with Gasteiger partial charge >= 0.3 is 5.97 Å². The molecule has 5 nitrogen and oxygen atoms in total. The molecule has 0 bridgehead atoms. The number of imidazole rings is 1. The number of hydrogen-bond acceptors (Lipinski definition) is 4. The zero-order valence-corrected chi connectivity index (χ0v) is 10.1. The van der Waals surface area contributed by atoms with E-state index in [0.29, 0.717) is 21.8 Å². The summed E-state index contributed by atoms with van der Waals surface area (Å²) in [5.74, 6) is 0.0948. The number of carbonyl (C=O) groups excluding carboxylic acids is 1. The highest BCUT2D eigenvalue weighted by Crippen LogP contribution is 2.14. The van der Waals surface area contributed by atoms with E-state index in [1.165, 1.54) is 0 Å². The van der Waals surface area contributed by atoms with Gasteiger partial charge in [0.2, 0.25) is 5.78 Å². The first-order chi connectivity index (χ1) is 7.24. The molecule has 0 saturated carbocycles. The Kier molecular flexibility index (Phi) is 2.85. The minimum Gasteiger partial charge on any atom is -0.461 e. The average molecular weight is 317 g/mol. The molecule has 0 aromatic carbocycles. The summed E-state index contributed by atoms with van der Waals surface area (Å²) in [7, 11) is 0. The van der Waals surface area contributed by atoms with Crippen LogP contribution in [0, 0.1) is 3.70 Å². The van der Waals surface area contributed by atoms with Crippen molar-refractivity contribution >= 4 is 34.3 Å². The number of carbonyl (C=O) groups is 1. The van der Waals surface area contributed by atoms with Crippen molar-refractivity contribution < 1.29 is 9.53 Å². The van der Waals surface area contributed by atoms with Gasteiger partial charge in [-0.05, 0) is 35.6 Å². The third kappa shape index (κ3) is 1.81. The van der Waals surface area contributed by atoms with Crippen LogP contribution in [0.25, 0.3) is 5.78 Å². The summed E-state index contributed by atoms with van der Waals surface area (Å²) in [6.07, 6.45) is 3.44. The largest absolute Gasteiger partial charge is 0.461 e. The summed E-state index contributed by atoms with van der Waals surface area (Å²) in [5.41, 5.74) is 0.316. The quantitative estimate of drug-likeness (QED) is 0.622. The molecular formula is C9H8IN3O2. The molecule has 0 atom stereocenters. The summed E-state index contributed by atoms with van der Waals surface area (Å²) in [6, 6.07) is 1.78. The Morgan fingerprint density at radius 3 is 3.13 bits per heavy atom. The third-order valence-electron chi connectivity index (χ3n) is 1.81. The van der Waals surface area contributed by atoms with Crippen LogP contribution in [0.1, 0.15) is 17.4 Å². The maximum atomic E-state index is 11.5. The highest BCUT2D eigenvalue weighted by molar-refractivity contribution is 14.1. The van der Waals surface area contributed by atoms with Gasteiger partial charge in [-0.15, -0.1) is 0 Å². The van der Waals surface area contributed by atoms with Gasteiger partial charge in [-0.3, -0.25) is 4.40 Å². The normalized spacial score (nSPS) is 10.5. The van der Waals surface area contributed by atoms with Crippen molar-refractivity contribution in [2.75, 3.05) is 6.61 Å². The fourth-order valence-corrected chi connectivity index (χ4v) is 1.91. The smallest absolute Gasteiger partial charge is 0.359 e. The SMILES string of the molecule is CCOC(=O)c1nc2ncccn2c1I. The Morgan fingerprint density at radius 1 is 1.67 bits per heavy atom. The van der Waals surface area contributed by atoms with Crippen molar-refractivity contribution in [3.8, 4) is 0 Å². The average Bonchev–Trinajstić information content (AvgIpc) is 2.57. The number of ether oxygens (including phenoxy) is 1. The molecule has 0 fully saturated rings. The number of rotatable bonds is 2. The Hall–Kier alpha value is -1.18. The van der Waals surface area contributed by atoms with Gasteiger partial charge in [-0.1, -0.05) is 0 Å². The summed E-state index contributed by atoms with van der Waals surface area (Å²) in [4.78, 5) is 19.6. The molecule has 2 heterocycles. The predicted octanol–water partition coefficient (Wildman–Crippen LogP) is 1.51. The Labute approximate surface area is 99.6 Å². The molecule has 0 aliphatic carbocycles. The molecule has 15 heavy (non-hydrogen) atoms. The van der Waals surface area contributed by atoms with E-state index < -0.39 is 5.97 Å². The number of hydrogen-bond donors (Lipinski definition) is 0. The van der Waals surface area contributed by atoms with Crippen molar-refractivity contribution in [1.29, 1.82) is 0 Å². The molecule has 78 valence electrons. The molecule has 2 aromatic heterocycles. The first kappa shape index (κ1) is 10.3. The zero-order chi connectivity index (χ0) is 10.8. The van der Waals surface area contributed by atoms with Crippen molar-refractivity contribution in [3.63, 3.8) is 0 Å². The van der Waals surface area contributed by atoms with Gasteiger partial charge in [0, 0.05) is 12.4 Å². The maximum Gasteiger partial charge on any atom is 0.359 e. The van der Waals surface area contributed by atoms with Crippen molar-refractivity contribution in [2.45, 2.75) is 6.92 Å². The monoisotopic (exact) mass is 317 g/mol. The lowest BCUT2D eigenvalue weighted by Gasteiger charge is -1.97. The lowest BCUT2D eigenvalue weighted by Crippen LogP contribution is -2.06. The van der Waals surface area contributed by atoms with Gasteiger partial charge < -0.3 is 4.74 Å².